The van der Waals surface area contributed by atoms with Gasteiger partial charge in [-0.3, -0.25) is 0 Å². The van der Waals surface area contributed by atoms with Crippen LogP contribution in [0.2, 0.25) is 0 Å². The molecule has 0 bridgehead atoms. The molecular formula is C10H14N2O3S. The summed E-state index contributed by atoms with van der Waals surface area (Å²) in [6.07, 6.45) is 1.18. The van der Waals surface area contributed by atoms with Crippen molar-refractivity contribution < 1.29 is 13.5 Å². The number of aliphatic hydroxyl groups excluding tert-OH is 1. The van der Waals surface area contributed by atoms with E-state index in [0.717, 1.165) is 0 Å². The Labute approximate surface area is 94.2 Å². The van der Waals surface area contributed by atoms with Gasteiger partial charge in [-0.15, -0.1) is 0 Å². The smallest absolute Gasteiger partial charge is 0.150 e. The summed E-state index contributed by atoms with van der Waals surface area (Å²) in [6.45, 7) is 0. The molecule has 0 saturated carbocycles. The van der Waals surface area contributed by atoms with Crippen molar-refractivity contribution in [3.63, 3.8) is 0 Å². The molecule has 0 aromatic carbocycles. The summed E-state index contributed by atoms with van der Waals surface area (Å²) in [7, 11) is -2.98. The maximum Gasteiger partial charge on any atom is 0.150 e. The van der Waals surface area contributed by atoms with E-state index in [1.165, 1.54) is 6.20 Å². The second kappa shape index (κ2) is 4.03. The number of nitrogens with zero attached hydrogens (tertiary/aromatic N) is 1. The van der Waals surface area contributed by atoms with Gasteiger partial charge in [-0.25, -0.2) is 13.4 Å². The average Bonchev–Trinajstić information content (AvgIpc) is 2.59. The predicted molar refractivity (Wildman–Crippen MR) is 60.4 cm³/mol. The Hall–Kier alpha value is -1.14. The number of sulfone groups is 1. The quantitative estimate of drug-likeness (QED) is 0.769. The van der Waals surface area contributed by atoms with Crippen molar-refractivity contribution in [3.8, 4) is 0 Å². The van der Waals surface area contributed by atoms with Gasteiger partial charge >= 0.3 is 0 Å². The third kappa shape index (κ3) is 2.17. The predicted octanol–water partition coefficient (Wildman–Crippen LogP) is 0.132. The van der Waals surface area contributed by atoms with Gasteiger partial charge in [0, 0.05) is 17.7 Å². The number of aromatic nitrogens is 1. The molecule has 1 aromatic rings. The van der Waals surface area contributed by atoms with Gasteiger partial charge in [-0.1, -0.05) is 6.07 Å². The molecule has 1 fully saturated rings. The van der Waals surface area contributed by atoms with Crippen molar-refractivity contribution in [3.05, 3.63) is 23.9 Å². The van der Waals surface area contributed by atoms with Crippen LogP contribution in [0.4, 0.5) is 5.82 Å². The van der Waals surface area contributed by atoms with E-state index in [9.17, 15) is 13.5 Å². The summed E-state index contributed by atoms with van der Waals surface area (Å²) in [6, 6.07) is 3.36. The number of aliphatic hydroxyl groups is 1. The SMILES string of the molecule is Nc1ncccc1C(O)C1CCS(=O)(=O)C1. The molecule has 2 rings (SSSR count). The maximum atomic E-state index is 11.3. The topological polar surface area (TPSA) is 93.3 Å². The van der Waals surface area contributed by atoms with E-state index < -0.39 is 15.9 Å². The van der Waals surface area contributed by atoms with Crippen molar-refractivity contribution >= 4 is 15.7 Å². The number of hydrogen-bond donors (Lipinski definition) is 2. The van der Waals surface area contributed by atoms with Crippen LogP contribution in [0, 0.1) is 5.92 Å². The maximum absolute atomic E-state index is 11.3. The van der Waals surface area contributed by atoms with Crippen LogP contribution in [-0.2, 0) is 9.84 Å². The lowest BCUT2D eigenvalue weighted by molar-refractivity contribution is 0.121. The van der Waals surface area contributed by atoms with E-state index in [1.807, 2.05) is 0 Å². The van der Waals surface area contributed by atoms with E-state index in [4.69, 9.17) is 5.73 Å². The van der Waals surface area contributed by atoms with E-state index in [1.54, 1.807) is 12.1 Å². The van der Waals surface area contributed by atoms with Crippen molar-refractivity contribution in [2.75, 3.05) is 17.2 Å². The van der Waals surface area contributed by atoms with Gasteiger partial charge in [0.15, 0.2) is 9.84 Å². The summed E-state index contributed by atoms with van der Waals surface area (Å²) < 4.78 is 22.6. The number of nitrogen functional groups attached to an aromatic ring is 1. The fourth-order valence-electron chi connectivity index (χ4n) is 2.01. The minimum atomic E-state index is -2.98. The minimum absolute atomic E-state index is 0.0303. The lowest BCUT2D eigenvalue weighted by Crippen LogP contribution is -2.16. The van der Waals surface area contributed by atoms with Crippen LogP contribution in [0.3, 0.4) is 0 Å². The second-order valence-corrected chi connectivity index (χ2v) is 6.31. The van der Waals surface area contributed by atoms with E-state index in [2.05, 4.69) is 4.98 Å². The Morgan fingerprint density at radius 3 is 2.88 bits per heavy atom. The van der Waals surface area contributed by atoms with Gasteiger partial charge in [0.2, 0.25) is 0 Å². The standard InChI is InChI=1S/C10H14N2O3S/c11-10-8(2-1-4-12-10)9(13)7-3-5-16(14,15)6-7/h1-2,4,7,9,13H,3,5-6H2,(H2,11,12). The molecule has 1 aliphatic rings. The van der Waals surface area contributed by atoms with Crippen molar-refractivity contribution in [1.82, 2.24) is 4.98 Å². The first-order valence-corrected chi connectivity index (χ1v) is 6.90. The first kappa shape index (κ1) is 11.3. The molecule has 88 valence electrons. The molecule has 6 heteroatoms. The van der Waals surface area contributed by atoms with Gasteiger partial charge in [-0.2, -0.15) is 0 Å². The first-order valence-electron chi connectivity index (χ1n) is 5.08. The molecule has 16 heavy (non-hydrogen) atoms. The van der Waals surface area contributed by atoms with Crippen molar-refractivity contribution in [1.29, 1.82) is 0 Å². The first-order chi connectivity index (χ1) is 7.49. The Kier molecular flexibility index (Phi) is 2.86. The number of anilines is 1. The molecular weight excluding hydrogens is 228 g/mol. The monoisotopic (exact) mass is 242 g/mol. The Morgan fingerprint density at radius 1 is 1.56 bits per heavy atom. The molecule has 5 nitrogen and oxygen atoms in total. The lowest BCUT2D eigenvalue weighted by Gasteiger charge is -2.17. The molecule has 0 aliphatic carbocycles. The summed E-state index contributed by atoms with van der Waals surface area (Å²) >= 11 is 0. The Bertz CT molecular complexity index is 487. The zero-order valence-corrected chi connectivity index (χ0v) is 9.52. The van der Waals surface area contributed by atoms with E-state index >= 15 is 0 Å². The second-order valence-electron chi connectivity index (χ2n) is 4.09. The van der Waals surface area contributed by atoms with Gasteiger partial charge in [-0.05, 0) is 12.5 Å². The summed E-state index contributed by atoms with van der Waals surface area (Å²) in [5, 5.41) is 10.0. The summed E-state index contributed by atoms with van der Waals surface area (Å²) in [4.78, 5) is 3.88. The molecule has 0 amide bonds. The van der Waals surface area contributed by atoms with Crippen molar-refractivity contribution in [2.24, 2.45) is 5.92 Å². The molecule has 1 aliphatic heterocycles. The highest BCUT2D eigenvalue weighted by atomic mass is 32.2. The summed E-state index contributed by atoms with van der Waals surface area (Å²) in [5.41, 5.74) is 6.15. The van der Waals surface area contributed by atoms with E-state index in [0.29, 0.717) is 12.0 Å². The Balaban J connectivity index is 2.21. The average molecular weight is 242 g/mol. The van der Waals surface area contributed by atoms with Crippen LogP contribution in [0.25, 0.3) is 0 Å². The molecule has 2 atom stereocenters. The van der Waals surface area contributed by atoms with E-state index in [-0.39, 0.29) is 23.2 Å². The number of pyridine rings is 1. The third-order valence-electron chi connectivity index (χ3n) is 2.90. The van der Waals surface area contributed by atoms with Crippen LogP contribution in [0.1, 0.15) is 18.1 Å². The highest BCUT2D eigenvalue weighted by Crippen LogP contribution is 2.32. The van der Waals surface area contributed by atoms with Crippen LogP contribution >= 0.6 is 0 Å². The highest BCUT2D eigenvalue weighted by Gasteiger charge is 2.34. The minimum Gasteiger partial charge on any atom is -0.388 e. The zero-order valence-electron chi connectivity index (χ0n) is 8.70. The van der Waals surface area contributed by atoms with Gasteiger partial charge in [0.1, 0.15) is 5.82 Å². The number of hydrogen-bond acceptors (Lipinski definition) is 5. The lowest BCUT2D eigenvalue weighted by atomic mass is 9.96. The van der Waals surface area contributed by atoms with Crippen LogP contribution in [0.15, 0.2) is 18.3 Å². The normalized spacial score (nSPS) is 25.4. The van der Waals surface area contributed by atoms with Gasteiger partial charge in [0.05, 0.1) is 17.6 Å². The van der Waals surface area contributed by atoms with Crippen LogP contribution < -0.4 is 5.73 Å². The fraction of sp³-hybridized carbons (Fsp3) is 0.500. The zero-order chi connectivity index (χ0) is 11.8. The third-order valence-corrected chi connectivity index (χ3v) is 4.70. The molecule has 1 saturated heterocycles. The van der Waals surface area contributed by atoms with Crippen molar-refractivity contribution in [2.45, 2.75) is 12.5 Å². The molecule has 3 N–H and O–H groups in total. The largest absolute Gasteiger partial charge is 0.388 e. The van der Waals surface area contributed by atoms with Gasteiger partial charge < -0.3 is 10.8 Å². The van der Waals surface area contributed by atoms with Gasteiger partial charge in [0.25, 0.3) is 0 Å². The molecule has 2 unspecified atom stereocenters. The summed E-state index contributed by atoms with van der Waals surface area (Å²) in [5.74, 6) is 0.174. The highest BCUT2D eigenvalue weighted by molar-refractivity contribution is 7.91. The van der Waals surface area contributed by atoms with Crippen LogP contribution in [-0.4, -0.2) is 30.0 Å². The van der Waals surface area contributed by atoms with Crippen LogP contribution in [0.5, 0.6) is 0 Å². The number of nitrogens with two attached hydrogens (primary N) is 1. The molecule has 0 spiro atoms. The molecule has 1 aromatic heterocycles. The molecule has 2 heterocycles. The number of rotatable bonds is 2. The molecule has 0 radical (unpaired) electrons. The Morgan fingerprint density at radius 2 is 2.31 bits per heavy atom. The fourth-order valence-corrected chi connectivity index (χ4v) is 3.84.